The molecule has 6 atom stereocenters. The van der Waals surface area contributed by atoms with E-state index in [0.29, 0.717) is 12.5 Å². The molecule has 9 nitrogen and oxygen atoms in total. The third-order valence-corrected chi connectivity index (χ3v) is 4.15. The lowest BCUT2D eigenvalue weighted by Crippen LogP contribution is -2.54. The van der Waals surface area contributed by atoms with Crippen LogP contribution in [0.1, 0.15) is 13.8 Å². The Labute approximate surface area is 132 Å². The lowest BCUT2D eigenvalue weighted by Gasteiger charge is -2.35. The summed E-state index contributed by atoms with van der Waals surface area (Å²) in [7, 11) is 0. The summed E-state index contributed by atoms with van der Waals surface area (Å²) in [6.07, 6.45) is -2.92. The average molecular weight is 329 g/mol. The molecule has 3 rings (SSSR count). The third kappa shape index (κ3) is 2.46. The molecule has 0 aliphatic carbocycles. The Morgan fingerprint density at radius 3 is 2.91 bits per heavy atom. The van der Waals surface area contributed by atoms with E-state index in [1.165, 1.54) is 18.2 Å². The van der Waals surface area contributed by atoms with Crippen LogP contribution in [0.15, 0.2) is 15.0 Å². The summed E-state index contributed by atoms with van der Waals surface area (Å²) >= 11 is 0. The number of nitrogens with zero attached hydrogens (tertiary/aromatic N) is 4. The number of aliphatic imine (C=N–C) groups is 3. The number of ether oxygens (including phenoxy) is 2. The first-order valence-corrected chi connectivity index (χ1v) is 7.38. The molecule has 0 amide bonds. The molecular weight excluding hydrogens is 309 g/mol. The normalized spacial score (nSPS) is 42.5. The number of aliphatic hydroxyl groups excluding tert-OH is 2. The molecule has 4 N–H and O–H groups in total. The second-order valence-corrected chi connectivity index (χ2v) is 5.75. The molecule has 0 aromatic rings. The van der Waals surface area contributed by atoms with Crippen molar-refractivity contribution in [3.05, 3.63) is 0 Å². The van der Waals surface area contributed by atoms with Gasteiger partial charge in [-0.25, -0.2) is 9.38 Å². The fraction of sp³-hybridized carbons (Fsp3) is 0.769. The zero-order valence-corrected chi connectivity index (χ0v) is 12.8. The number of alkyl halides is 1. The number of nitrogens with two attached hydrogens (primary N) is 1. The van der Waals surface area contributed by atoms with Crippen LogP contribution in [0, 0.1) is 0 Å². The first-order chi connectivity index (χ1) is 10.9. The summed E-state index contributed by atoms with van der Waals surface area (Å²) in [5.41, 5.74) is 3.58. The van der Waals surface area contributed by atoms with Gasteiger partial charge < -0.3 is 30.3 Å². The van der Waals surface area contributed by atoms with Crippen LogP contribution in [-0.2, 0) is 9.47 Å². The molecule has 10 heteroatoms. The Hall–Kier alpha value is -1.78. The van der Waals surface area contributed by atoms with Gasteiger partial charge in [-0.3, -0.25) is 4.99 Å². The van der Waals surface area contributed by atoms with Crippen molar-refractivity contribution in [3.63, 3.8) is 0 Å². The van der Waals surface area contributed by atoms with Gasteiger partial charge in [0.15, 0.2) is 24.1 Å². The van der Waals surface area contributed by atoms with Gasteiger partial charge in [-0.15, -0.1) is 0 Å². The van der Waals surface area contributed by atoms with Crippen LogP contribution in [-0.4, -0.2) is 82.8 Å². The maximum atomic E-state index is 14.9. The fourth-order valence-corrected chi connectivity index (χ4v) is 2.98. The van der Waals surface area contributed by atoms with Crippen LogP contribution in [0.5, 0.6) is 0 Å². The topological polar surface area (TPSA) is 125 Å². The predicted octanol–water partition coefficient (Wildman–Crippen LogP) is -1.41. The minimum absolute atomic E-state index is 0.00279. The number of guanidine groups is 1. The van der Waals surface area contributed by atoms with E-state index >= 15 is 0 Å². The monoisotopic (exact) mass is 329 g/mol. The first kappa shape index (κ1) is 16.1. The van der Waals surface area contributed by atoms with Crippen LogP contribution in [0.25, 0.3) is 0 Å². The van der Waals surface area contributed by atoms with Gasteiger partial charge in [0.2, 0.25) is 11.9 Å². The van der Waals surface area contributed by atoms with E-state index in [0.717, 1.165) is 0 Å². The summed E-state index contributed by atoms with van der Waals surface area (Å²) in [4.78, 5) is 13.9. The highest BCUT2D eigenvalue weighted by Crippen LogP contribution is 2.38. The van der Waals surface area contributed by atoms with Gasteiger partial charge in [-0.05, 0) is 13.8 Å². The lowest BCUT2D eigenvalue weighted by molar-refractivity contribution is -0.0860. The highest BCUT2D eigenvalue weighted by atomic mass is 19.1. The highest BCUT2D eigenvalue weighted by molar-refractivity contribution is 5.99. The summed E-state index contributed by atoms with van der Waals surface area (Å²) < 4.78 is 25.8. The Morgan fingerprint density at radius 2 is 2.30 bits per heavy atom. The Morgan fingerprint density at radius 1 is 1.57 bits per heavy atom. The summed E-state index contributed by atoms with van der Waals surface area (Å²) in [5, 5.41) is 19.2. The summed E-state index contributed by atoms with van der Waals surface area (Å²) in [6, 6.07) is -0.549. The number of aliphatic hydroxyl groups is 2. The van der Waals surface area contributed by atoms with Crippen molar-refractivity contribution < 1.29 is 24.1 Å². The van der Waals surface area contributed by atoms with Gasteiger partial charge >= 0.3 is 0 Å². The van der Waals surface area contributed by atoms with Crippen molar-refractivity contribution >= 4 is 18.2 Å². The molecule has 3 heterocycles. The minimum atomic E-state index is -2.11. The maximum absolute atomic E-state index is 14.9. The highest BCUT2D eigenvalue weighted by Gasteiger charge is 2.58. The van der Waals surface area contributed by atoms with Crippen molar-refractivity contribution in [2.75, 3.05) is 13.2 Å². The molecule has 2 unspecified atom stereocenters. The lowest BCUT2D eigenvalue weighted by atomic mass is 9.97. The van der Waals surface area contributed by atoms with E-state index < -0.39 is 42.9 Å². The van der Waals surface area contributed by atoms with Crippen LogP contribution in [0.3, 0.4) is 0 Å². The number of rotatable bonds is 3. The van der Waals surface area contributed by atoms with E-state index in [1.54, 1.807) is 6.92 Å². The number of halogens is 1. The van der Waals surface area contributed by atoms with Gasteiger partial charge in [-0.2, -0.15) is 4.99 Å². The molecule has 0 aromatic heterocycles. The van der Waals surface area contributed by atoms with Crippen LogP contribution < -0.4 is 5.73 Å². The van der Waals surface area contributed by atoms with E-state index in [4.69, 9.17) is 15.2 Å². The first-order valence-electron chi connectivity index (χ1n) is 7.38. The van der Waals surface area contributed by atoms with Gasteiger partial charge in [0.25, 0.3) is 0 Å². The molecule has 0 spiro atoms. The largest absolute Gasteiger partial charge is 0.479 e. The van der Waals surface area contributed by atoms with Crippen molar-refractivity contribution in [1.29, 1.82) is 0 Å². The number of hydrogen-bond acceptors (Lipinski definition) is 9. The molecule has 3 aliphatic heterocycles. The second-order valence-electron chi connectivity index (χ2n) is 5.75. The van der Waals surface area contributed by atoms with E-state index in [2.05, 4.69) is 15.0 Å². The van der Waals surface area contributed by atoms with Gasteiger partial charge in [0, 0.05) is 0 Å². The van der Waals surface area contributed by atoms with E-state index in [-0.39, 0.29) is 5.96 Å². The van der Waals surface area contributed by atoms with E-state index in [9.17, 15) is 14.6 Å². The van der Waals surface area contributed by atoms with Gasteiger partial charge in [0.1, 0.15) is 12.2 Å². The van der Waals surface area contributed by atoms with Crippen molar-refractivity contribution in [2.45, 2.75) is 50.2 Å². The van der Waals surface area contributed by atoms with Crippen LogP contribution >= 0.6 is 0 Å². The van der Waals surface area contributed by atoms with Crippen LogP contribution in [0.2, 0.25) is 0 Å². The SMILES string of the molecule is CCOC1=NC(N)=NC2C1N=CN2[C@@H]1O[C@H](CO)[C@@H](O)[C@@]1(C)F. The molecule has 0 aromatic carbocycles. The minimum Gasteiger partial charge on any atom is -0.479 e. The zero-order valence-electron chi connectivity index (χ0n) is 12.8. The molecule has 1 saturated heterocycles. The number of hydrogen-bond donors (Lipinski definition) is 3. The third-order valence-electron chi connectivity index (χ3n) is 4.15. The molecule has 23 heavy (non-hydrogen) atoms. The summed E-state index contributed by atoms with van der Waals surface area (Å²) in [5.74, 6) is 0.310. The Balaban J connectivity index is 1.86. The Bertz CT molecular complexity index is 567. The number of fused-ring (bicyclic) bond motifs is 1. The van der Waals surface area contributed by atoms with Gasteiger partial charge in [-0.1, -0.05) is 0 Å². The molecule has 0 radical (unpaired) electrons. The molecular formula is C13H20FN5O4. The standard InChI is InChI=1S/C13H20FN5O4/c1-3-22-10-7-9(17-12(15)18-10)19(5-16-7)11-13(2,14)8(21)6(4-20)23-11/h5-9,11,20-21H,3-4H2,1-2H3,(H2,15,17)/t6-,7?,8-,9?,11-,13-/m1/s1. The van der Waals surface area contributed by atoms with Crippen molar-refractivity contribution in [1.82, 2.24) is 4.90 Å². The van der Waals surface area contributed by atoms with Gasteiger partial charge in [0.05, 0.1) is 19.6 Å². The van der Waals surface area contributed by atoms with Crippen LogP contribution in [0.4, 0.5) is 4.39 Å². The van der Waals surface area contributed by atoms with E-state index in [1.807, 2.05) is 0 Å². The summed E-state index contributed by atoms with van der Waals surface area (Å²) in [6.45, 7) is 2.91. The van der Waals surface area contributed by atoms with Crippen molar-refractivity contribution in [3.8, 4) is 0 Å². The van der Waals surface area contributed by atoms with Crippen molar-refractivity contribution in [2.24, 2.45) is 20.7 Å². The molecule has 3 aliphatic rings. The molecule has 0 bridgehead atoms. The zero-order chi connectivity index (χ0) is 16.8. The Kier molecular flexibility index (Phi) is 3.98. The quantitative estimate of drug-likeness (QED) is 0.584. The molecule has 128 valence electrons. The maximum Gasteiger partial charge on any atom is 0.221 e. The molecule has 1 fully saturated rings. The smallest absolute Gasteiger partial charge is 0.221 e. The fourth-order valence-electron chi connectivity index (χ4n) is 2.98. The molecule has 0 saturated carbocycles. The predicted molar refractivity (Wildman–Crippen MR) is 79.9 cm³/mol. The second kappa shape index (κ2) is 5.69. The average Bonchev–Trinajstić information content (AvgIpc) is 3.00.